The highest BCUT2D eigenvalue weighted by Gasteiger charge is 2.38. The van der Waals surface area contributed by atoms with E-state index in [1.807, 2.05) is 0 Å². The van der Waals surface area contributed by atoms with Gasteiger partial charge in [0.05, 0.1) is 6.54 Å². The highest BCUT2D eigenvalue weighted by molar-refractivity contribution is 9.14. The van der Waals surface area contributed by atoms with Crippen LogP contribution in [0, 0.1) is 24.2 Å². The fourth-order valence-electron chi connectivity index (χ4n) is 2.83. The molecule has 3 amide bonds. The first-order valence-corrected chi connectivity index (χ1v) is 8.67. The molecule has 0 saturated heterocycles. The Balaban J connectivity index is 1.84. The fraction of sp³-hybridized carbons (Fsp3) is 0.533. The average Bonchev–Trinajstić information content (AvgIpc) is 2.71. The van der Waals surface area contributed by atoms with Gasteiger partial charge in [0.25, 0.3) is 11.8 Å². The summed E-state index contributed by atoms with van der Waals surface area (Å²) in [5, 5.41) is 2.70. The summed E-state index contributed by atoms with van der Waals surface area (Å²) < 4.78 is 0.555. The number of carbonyl (C=O) groups excluding carboxylic acids is 3. The first-order valence-electron chi connectivity index (χ1n) is 7.08. The van der Waals surface area contributed by atoms with Crippen molar-refractivity contribution < 1.29 is 14.4 Å². The Labute approximate surface area is 146 Å². The fourth-order valence-corrected chi connectivity index (χ4v) is 3.60. The van der Waals surface area contributed by atoms with E-state index in [1.165, 1.54) is 4.90 Å². The minimum atomic E-state index is -0.300. The Morgan fingerprint density at radius 1 is 1.18 bits per heavy atom. The van der Waals surface area contributed by atoms with Crippen molar-refractivity contribution in [2.45, 2.75) is 25.7 Å². The molecule has 1 N–H and O–H groups in total. The summed E-state index contributed by atoms with van der Waals surface area (Å²) in [6.07, 6.45) is 8.28. The van der Waals surface area contributed by atoms with Crippen molar-refractivity contribution in [1.82, 2.24) is 10.2 Å². The lowest BCUT2D eigenvalue weighted by atomic mass is 9.81. The van der Waals surface area contributed by atoms with Gasteiger partial charge in [0.15, 0.2) is 0 Å². The Morgan fingerprint density at radius 2 is 1.73 bits per heavy atom. The number of hydrogen-bond donors (Lipinski definition) is 1. The van der Waals surface area contributed by atoms with E-state index < -0.39 is 0 Å². The van der Waals surface area contributed by atoms with Crippen LogP contribution < -0.4 is 5.32 Å². The number of carbonyl (C=O) groups is 3. The van der Waals surface area contributed by atoms with Crippen molar-refractivity contribution in [3.05, 3.63) is 8.96 Å². The standard InChI is InChI=1S/C15H16Br2N2O3/c1-2-7-18-13(20)10-5-3-9(4-6-10)8-19-14(21)11(16)12(17)15(19)22/h1,9-10H,3-8H2,(H,18,20). The van der Waals surface area contributed by atoms with Gasteiger partial charge in [0.1, 0.15) is 8.96 Å². The van der Waals surface area contributed by atoms with E-state index in [0.29, 0.717) is 6.54 Å². The molecule has 2 aliphatic rings. The molecule has 0 aromatic carbocycles. The van der Waals surface area contributed by atoms with Crippen molar-refractivity contribution in [3.63, 3.8) is 0 Å². The summed E-state index contributed by atoms with van der Waals surface area (Å²) in [6, 6.07) is 0. The molecule has 1 aliphatic carbocycles. The van der Waals surface area contributed by atoms with Crippen molar-refractivity contribution in [2.75, 3.05) is 13.1 Å². The zero-order chi connectivity index (χ0) is 16.3. The summed E-state index contributed by atoms with van der Waals surface area (Å²) in [5.74, 6) is 2.00. The van der Waals surface area contributed by atoms with Gasteiger partial charge in [-0.1, -0.05) is 5.92 Å². The number of nitrogens with one attached hydrogen (secondary N) is 1. The van der Waals surface area contributed by atoms with Crippen LogP contribution in [0.3, 0.4) is 0 Å². The van der Waals surface area contributed by atoms with Crippen LogP contribution in [0.5, 0.6) is 0 Å². The Bertz CT molecular complexity index is 548. The molecule has 2 rings (SSSR count). The van der Waals surface area contributed by atoms with E-state index in [1.54, 1.807) is 0 Å². The first-order chi connectivity index (χ1) is 10.5. The summed E-state index contributed by atoms with van der Waals surface area (Å²) in [5.41, 5.74) is 0. The molecule has 1 aliphatic heterocycles. The highest BCUT2D eigenvalue weighted by atomic mass is 79.9. The number of nitrogens with zero attached hydrogens (tertiary/aromatic N) is 1. The van der Waals surface area contributed by atoms with Crippen LogP contribution in [0.4, 0.5) is 0 Å². The molecular formula is C15H16Br2N2O3. The van der Waals surface area contributed by atoms with Crippen molar-refractivity contribution >= 4 is 49.6 Å². The largest absolute Gasteiger partial charge is 0.345 e. The van der Waals surface area contributed by atoms with Crippen molar-refractivity contribution in [2.24, 2.45) is 11.8 Å². The monoisotopic (exact) mass is 430 g/mol. The lowest BCUT2D eigenvalue weighted by Gasteiger charge is -2.29. The lowest BCUT2D eigenvalue weighted by molar-refractivity contribution is -0.138. The van der Waals surface area contributed by atoms with Crippen molar-refractivity contribution in [1.29, 1.82) is 0 Å². The third-order valence-electron chi connectivity index (χ3n) is 4.08. The van der Waals surface area contributed by atoms with Crippen LogP contribution in [-0.2, 0) is 14.4 Å². The Kier molecular flexibility index (Phi) is 5.81. The molecule has 0 aromatic heterocycles. The molecule has 1 fully saturated rings. The predicted molar refractivity (Wildman–Crippen MR) is 88.9 cm³/mol. The van der Waals surface area contributed by atoms with Crippen LogP contribution in [0.25, 0.3) is 0 Å². The molecule has 0 bridgehead atoms. The van der Waals surface area contributed by atoms with Crippen LogP contribution >= 0.6 is 31.9 Å². The second-order valence-electron chi connectivity index (χ2n) is 5.49. The van der Waals surface area contributed by atoms with Gasteiger partial charge >= 0.3 is 0 Å². The van der Waals surface area contributed by atoms with E-state index in [4.69, 9.17) is 6.42 Å². The summed E-state index contributed by atoms with van der Waals surface area (Å²) in [7, 11) is 0. The second-order valence-corrected chi connectivity index (χ2v) is 7.07. The SMILES string of the molecule is C#CCNC(=O)C1CCC(CN2C(=O)C(Br)=C(Br)C2=O)CC1. The van der Waals surface area contributed by atoms with Crippen LogP contribution in [0.15, 0.2) is 8.96 Å². The molecule has 0 aromatic rings. The number of terminal acetylenes is 1. The van der Waals surface area contributed by atoms with Crippen LogP contribution in [0.2, 0.25) is 0 Å². The van der Waals surface area contributed by atoms with Gasteiger partial charge in [0, 0.05) is 12.5 Å². The Morgan fingerprint density at radius 3 is 2.23 bits per heavy atom. The molecule has 0 atom stereocenters. The van der Waals surface area contributed by atoms with Gasteiger partial charge in [-0.15, -0.1) is 6.42 Å². The van der Waals surface area contributed by atoms with E-state index in [9.17, 15) is 14.4 Å². The molecule has 22 heavy (non-hydrogen) atoms. The van der Waals surface area contributed by atoms with Crippen LogP contribution in [0.1, 0.15) is 25.7 Å². The second kappa shape index (κ2) is 7.42. The smallest absolute Gasteiger partial charge is 0.269 e. The maximum atomic E-state index is 12.0. The highest BCUT2D eigenvalue weighted by Crippen LogP contribution is 2.34. The molecule has 1 heterocycles. The Hall–Kier alpha value is -1.13. The average molecular weight is 432 g/mol. The van der Waals surface area contributed by atoms with Gasteiger partial charge in [-0.3, -0.25) is 19.3 Å². The van der Waals surface area contributed by atoms with E-state index in [2.05, 4.69) is 43.1 Å². The minimum absolute atomic E-state index is 0.00289. The lowest BCUT2D eigenvalue weighted by Crippen LogP contribution is -2.38. The first kappa shape index (κ1) is 17.2. The molecule has 5 nitrogen and oxygen atoms in total. The predicted octanol–water partition coefficient (Wildman–Crippen LogP) is 1.91. The maximum Gasteiger partial charge on any atom is 0.269 e. The third-order valence-corrected chi connectivity index (χ3v) is 6.08. The van der Waals surface area contributed by atoms with E-state index in [-0.39, 0.29) is 45.1 Å². The van der Waals surface area contributed by atoms with Gasteiger partial charge in [0.2, 0.25) is 5.91 Å². The molecule has 118 valence electrons. The number of halogens is 2. The summed E-state index contributed by atoms with van der Waals surface area (Å²) >= 11 is 6.24. The maximum absolute atomic E-state index is 12.0. The number of rotatable bonds is 4. The van der Waals surface area contributed by atoms with Gasteiger partial charge in [-0.2, -0.15) is 0 Å². The van der Waals surface area contributed by atoms with Gasteiger partial charge in [-0.05, 0) is 63.5 Å². The molecule has 0 unspecified atom stereocenters. The summed E-state index contributed by atoms with van der Waals surface area (Å²) in [6.45, 7) is 0.657. The number of amides is 3. The quantitative estimate of drug-likeness (QED) is 0.546. The molecule has 0 spiro atoms. The van der Waals surface area contributed by atoms with Gasteiger partial charge < -0.3 is 5.32 Å². The topological polar surface area (TPSA) is 66.5 Å². The minimum Gasteiger partial charge on any atom is -0.345 e. The summed E-state index contributed by atoms with van der Waals surface area (Å²) in [4.78, 5) is 37.1. The van der Waals surface area contributed by atoms with E-state index >= 15 is 0 Å². The molecule has 1 saturated carbocycles. The van der Waals surface area contributed by atoms with Crippen molar-refractivity contribution in [3.8, 4) is 12.3 Å². The zero-order valence-electron chi connectivity index (χ0n) is 11.9. The molecule has 7 heteroatoms. The molecule has 0 radical (unpaired) electrons. The zero-order valence-corrected chi connectivity index (χ0v) is 15.1. The van der Waals surface area contributed by atoms with Gasteiger partial charge in [-0.25, -0.2) is 0 Å². The number of imide groups is 1. The van der Waals surface area contributed by atoms with Crippen LogP contribution in [-0.4, -0.2) is 35.7 Å². The normalized spacial score (nSPS) is 25.4. The molecular weight excluding hydrogens is 416 g/mol. The van der Waals surface area contributed by atoms with E-state index in [0.717, 1.165) is 25.7 Å². The number of hydrogen-bond acceptors (Lipinski definition) is 3. The third kappa shape index (κ3) is 3.61.